The van der Waals surface area contributed by atoms with Crippen LogP contribution in [0.4, 0.5) is 0 Å². The van der Waals surface area contributed by atoms with Crippen LogP contribution in [0.5, 0.6) is 0 Å². The molecule has 0 aliphatic carbocycles. The Balaban J connectivity index is 1.92. The molecule has 1 unspecified atom stereocenters. The molecule has 0 bridgehead atoms. The van der Waals surface area contributed by atoms with E-state index in [1.54, 1.807) is 0 Å². The van der Waals surface area contributed by atoms with Gasteiger partial charge in [-0.15, -0.1) is 0 Å². The normalized spacial score (nSPS) is 16.6. The third-order valence-corrected chi connectivity index (χ3v) is 3.91. The van der Waals surface area contributed by atoms with Crippen LogP contribution in [0, 0.1) is 11.3 Å². The molecule has 2 aromatic carbocycles. The summed E-state index contributed by atoms with van der Waals surface area (Å²) in [6.45, 7) is 0.588. The van der Waals surface area contributed by atoms with E-state index in [9.17, 15) is 4.79 Å². The second-order valence-corrected chi connectivity index (χ2v) is 5.22. The van der Waals surface area contributed by atoms with Crippen LogP contribution < -0.4 is 0 Å². The maximum atomic E-state index is 12.6. The monoisotopic (exact) mass is 276 g/mol. The molecule has 2 aromatic rings. The molecular weight excluding hydrogens is 260 g/mol. The Morgan fingerprint density at radius 1 is 1.05 bits per heavy atom. The Hall–Kier alpha value is -2.60. The highest BCUT2D eigenvalue weighted by Crippen LogP contribution is 2.37. The molecule has 0 radical (unpaired) electrons. The summed E-state index contributed by atoms with van der Waals surface area (Å²) in [4.78, 5) is 14.5. The van der Waals surface area contributed by atoms with Gasteiger partial charge in [0.2, 0.25) is 0 Å². The second kappa shape index (κ2) is 5.80. The fourth-order valence-electron chi connectivity index (χ4n) is 2.92. The van der Waals surface area contributed by atoms with Gasteiger partial charge in [-0.1, -0.05) is 48.5 Å². The van der Waals surface area contributed by atoms with Gasteiger partial charge in [-0.05, 0) is 23.6 Å². The molecule has 21 heavy (non-hydrogen) atoms. The molecule has 104 valence electrons. The third kappa shape index (κ3) is 2.53. The SMILES string of the molecule is N#CCCC1c2ccccc2C(=O)N1Cc1ccccc1. The van der Waals surface area contributed by atoms with E-state index in [1.165, 1.54) is 0 Å². The number of carbonyl (C=O) groups is 1. The first-order chi connectivity index (χ1) is 10.3. The molecular formula is C18H16N2O. The van der Waals surface area contributed by atoms with Gasteiger partial charge in [-0.2, -0.15) is 5.26 Å². The van der Waals surface area contributed by atoms with Crippen LogP contribution in [0.25, 0.3) is 0 Å². The topological polar surface area (TPSA) is 44.1 Å². The second-order valence-electron chi connectivity index (χ2n) is 5.22. The van der Waals surface area contributed by atoms with E-state index in [-0.39, 0.29) is 11.9 Å². The molecule has 1 amide bonds. The highest BCUT2D eigenvalue weighted by atomic mass is 16.2. The predicted molar refractivity (Wildman–Crippen MR) is 80.3 cm³/mol. The van der Waals surface area contributed by atoms with Crippen LogP contribution in [0.2, 0.25) is 0 Å². The van der Waals surface area contributed by atoms with E-state index in [2.05, 4.69) is 6.07 Å². The summed E-state index contributed by atoms with van der Waals surface area (Å²) in [5, 5.41) is 8.86. The van der Waals surface area contributed by atoms with Crippen molar-refractivity contribution in [2.24, 2.45) is 0 Å². The van der Waals surface area contributed by atoms with Crippen molar-refractivity contribution in [1.82, 2.24) is 4.90 Å². The van der Waals surface area contributed by atoms with Crippen molar-refractivity contribution in [3.8, 4) is 6.07 Å². The fraction of sp³-hybridized carbons (Fsp3) is 0.222. The smallest absolute Gasteiger partial charge is 0.255 e. The summed E-state index contributed by atoms with van der Waals surface area (Å²) in [5.41, 5.74) is 2.94. The number of rotatable bonds is 4. The summed E-state index contributed by atoms with van der Waals surface area (Å²) in [6, 6.07) is 19.9. The van der Waals surface area contributed by atoms with Crippen molar-refractivity contribution < 1.29 is 4.79 Å². The summed E-state index contributed by atoms with van der Waals surface area (Å²) in [5.74, 6) is 0.0670. The minimum Gasteiger partial charge on any atom is -0.327 e. The van der Waals surface area contributed by atoms with E-state index >= 15 is 0 Å². The number of nitriles is 1. The molecule has 0 N–H and O–H groups in total. The predicted octanol–water partition coefficient (Wildman–Crippen LogP) is 3.69. The van der Waals surface area contributed by atoms with E-state index in [4.69, 9.17) is 5.26 Å². The van der Waals surface area contributed by atoms with Crippen molar-refractivity contribution in [2.45, 2.75) is 25.4 Å². The van der Waals surface area contributed by atoms with Crippen LogP contribution in [0.3, 0.4) is 0 Å². The average Bonchev–Trinajstić information content (AvgIpc) is 2.79. The Kier molecular flexibility index (Phi) is 3.70. The summed E-state index contributed by atoms with van der Waals surface area (Å²) in [7, 11) is 0. The first-order valence-corrected chi connectivity index (χ1v) is 7.12. The van der Waals surface area contributed by atoms with E-state index in [1.807, 2.05) is 59.5 Å². The lowest BCUT2D eigenvalue weighted by molar-refractivity contribution is 0.0703. The summed E-state index contributed by atoms with van der Waals surface area (Å²) >= 11 is 0. The Morgan fingerprint density at radius 3 is 2.52 bits per heavy atom. The van der Waals surface area contributed by atoms with Gasteiger partial charge in [0.25, 0.3) is 5.91 Å². The van der Waals surface area contributed by atoms with Crippen molar-refractivity contribution in [3.05, 3.63) is 71.3 Å². The van der Waals surface area contributed by atoms with Gasteiger partial charge in [0.15, 0.2) is 0 Å². The maximum absolute atomic E-state index is 12.6. The largest absolute Gasteiger partial charge is 0.327 e. The van der Waals surface area contributed by atoms with Gasteiger partial charge < -0.3 is 4.90 Å². The zero-order valence-electron chi connectivity index (χ0n) is 11.7. The van der Waals surface area contributed by atoms with Gasteiger partial charge in [0.05, 0.1) is 12.1 Å². The van der Waals surface area contributed by atoms with E-state index < -0.39 is 0 Å². The molecule has 1 aliphatic rings. The number of hydrogen-bond donors (Lipinski definition) is 0. The van der Waals surface area contributed by atoms with E-state index in [0.29, 0.717) is 19.4 Å². The van der Waals surface area contributed by atoms with Gasteiger partial charge in [-0.25, -0.2) is 0 Å². The molecule has 1 aliphatic heterocycles. The number of benzene rings is 2. The average molecular weight is 276 g/mol. The molecule has 1 heterocycles. The molecule has 3 rings (SSSR count). The maximum Gasteiger partial charge on any atom is 0.255 e. The molecule has 0 aromatic heterocycles. The summed E-state index contributed by atoms with van der Waals surface area (Å²) < 4.78 is 0. The number of hydrogen-bond acceptors (Lipinski definition) is 2. The first kappa shape index (κ1) is 13.4. The lowest BCUT2D eigenvalue weighted by atomic mass is 10.0. The van der Waals surface area contributed by atoms with Gasteiger partial charge in [0.1, 0.15) is 0 Å². The lowest BCUT2D eigenvalue weighted by Crippen LogP contribution is -2.27. The minimum absolute atomic E-state index is 0.00792. The minimum atomic E-state index is 0.00792. The van der Waals surface area contributed by atoms with Crippen LogP contribution in [-0.2, 0) is 6.54 Å². The zero-order valence-corrected chi connectivity index (χ0v) is 11.7. The molecule has 0 fully saturated rings. The first-order valence-electron chi connectivity index (χ1n) is 7.12. The Morgan fingerprint density at radius 2 is 1.76 bits per heavy atom. The van der Waals surface area contributed by atoms with Gasteiger partial charge in [0, 0.05) is 18.5 Å². The van der Waals surface area contributed by atoms with Crippen molar-refractivity contribution in [1.29, 1.82) is 5.26 Å². The number of amides is 1. The molecule has 3 nitrogen and oxygen atoms in total. The van der Waals surface area contributed by atoms with Crippen molar-refractivity contribution >= 4 is 5.91 Å². The molecule has 1 atom stereocenters. The Bertz CT molecular complexity index is 688. The third-order valence-electron chi connectivity index (χ3n) is 3.91. The Labute approximate surface area is 124 Å². The van der Waals surface area contributed by atoms with Crippen LogP contribution in [-0.4, -0.2) is 10.8 Å². The van der Waals surface area contributed by atoms with Gasteiger partial charge >= 0.3 is 0 Å². The molecule has 0 saturated carbocycles. The molecule has 0 saturated heterocycles. The van der Waals surface area contributed by atoms with E-state index in [0.717, 1.165) is 16.7 Å². The van der Waals surface area contributed by atoms with Crippen LogP contribution >= 0.6 is 0 Å². The van der Waals surface area contributed by atoms with Gasteiger partial charge in [-0.3, -0.25) is 4.79 Å². The van der Waals surface area contributed by atoms with Crippen molar-refractivity contribution in [3.63, 3.8) is 0 Å². The quantitative estimate of drug-likeness (QED) is 0.854. The van der Waals surface area contributed by atoms with Crippen LogP contribution in [0.15, 0.2) is 54.6 Å². The molecule has 3 heteroatoms. The number of fused-ring (bicyclic) bond motifs is 1. The summed E-state index contributed by atoms with van der Waals surface area (Å²) in [6.07, 6.45) is 1.14. The standard InChI is InChI=1S/C18H16N2O/c19-12-6-11-17-15-9-4-5-10-16(15)18(21)20(17)13-14-7-2-1-3-8-14/h1-5,7-10,17H,6,11,13H2. The highest BCUT2D eigenvalue weighted by molar-refractivity contribution is 5.99. The molecule has 0 spiro atoms. The van der Waals surface area contributed by atoms with Crippen LogP contribution in [0.1, 0.15) is 40.4 Å². The zero-order chi connectivity index (χ0) is 14.7. The fourth-order valence-corrected chi connectivity index (χ4v) is 2.92. The van der Waals surface area contributed by atoms with Crippen molar-refractivity contribution in [2.75, 3.05) is 0 Å². The number of nitrogens with zero attached hydrogens (tertiary/aromatic N) is 2. The lowest BCUT2D eigenvalue weighted by Gasteiger charge is -2.25. The highest BCUT2D eigenvalue weighted by Gasteiger charge is 2.35. The number of carbonyl (C=O) groups excluding carboxylic acids is 1.